The first-order chi connectivity index (χ1) is 17.5. The molecule has 1 N–H and O–H groups in total. The summed E-state index contributed by atoms with van der Waals surface area (Å²) >= 11 is 1.30. The lowest BCUT2D eigenvalue weighted by molar-refractivity contribution is -0.129. The SMILES string of the molecule is CCN(CC)CCCN1C(=O)C(O)=C(C(=O)c2cccs2)C1c1cccc(OCc2ccccc2)c1. The highest BCUT2D eigenvalue weighted by molar-refractivity contribution is 7.12. The molecule has 0 spiro atoms. The van der Waals surface area contributed by atoms with Crippen molar-refractivity contribution >= 4 is 23.0 Å². The van der Waals surface area contributed by atoms with E-state index in [1.54, 1.807) is 17.0 Å². The van der Waals surface area contributed by atoms with Crippen molar-refractivity contribution in [2.75, 3.05) is 26.2 Å². The van der Waals surface area contributed by atoms with Crippen LogP contribution in [-0.4, -0.2) is 52.8 Å². The molecule has 1 atom stereocenters. The van der Waals surface area contributed by atoms with E-state index in [1.165, 1.54) is 11.3 Å². The molecule has 3 aromatic rings. The standard InChI is InChI=1S/C29H32N2O4S/c1-3-30(4-2)16-10-17-31-26(25(28(33)29(31)34)27(32)24-15-9-18-36-24)22-13-8-14-23(19-22)35-20-21-11-6-5-7-12-21/h5-9,11-15,18-19,26,33H,3-4,10,16-17,20H2,1-2H3. The third-order valence-corrected chi connectivity index (χ3v) is 7.35. The monoisotopic (exact) mass is 504 g/mol. The number of amides is 1. The molecule has 7 heteroatoms. The van der Waals surface area contributed by atoms with Gasteiger partial charge in [0, 0.05) is 6.54 Å². The van der Waals surface area contributed by atoms with Crippen molar-refractivity contribution in [3.8, 4) is 5.75 Å². The van der Waals surface area contributed by atoms with E-state index in [4.69, 9.17) is 4.74 Å². The second-order valence-corrected chi connectivity index (χ2v) is 9.64. The minimum Gasteiger partial charge on any atom is -0.503 e. The van der Waals surface area contributed by atoms with Gasteiger partial charge in [-0.05, 0) is 60.8 Å². The molecule has 0 fully saturated rings. The molecule has 1 aliphatic heterocycles. The molecule has 0 aliphatic carbocycles. The van der Waals surface area contributed by atoms with Crippen LogP contribution >= 0.6 is 11.3 Å². The molecule has 188 valence electrons. The maximum Gasteiger partial charge on any atom is 0.290 e. The number of hydrogen-bond acceptors (Lipinski definition) is 6. The number of ketones is 1. The van der Waals surface area contributed by atoms with E-state index in [9.17, 15) is 14.7 Å². The minimum atomic E-state index is -0.677. The lowest BCUT2D eigenvalue weighted by Crippen LogP contribution is -2.34. The number of carbonyl (C=O) groups is 2. The summed E-state index contributed by atoms with van der Waals surface area (Å²) in [6.45, 7) is 7.75. The van der Waals surface area contributed by atoms with Crippen LogP contribution in [-0.2, 0) is 11.4 Å². The van der Waals surface area contributed by atoms with Gasteiger partial charge in [-0.25, -0.2) is 0 Å². The van der Waals surface area contributed by atoms with Crippen molar-refractivity contribution in [3.05, 3.63) is 99.4 Å². The van der Waals surface area contributed by atoms with E-state index in [0.717, 1.165) is 37.2 Å². The molecular weight excluding hydrogens is 472 g/mol. The molecule has 36 heavy (non-hydrogen) atoms. The van der Waals surface area contributed by atoms with Crippen LogP contribution in [0, 0.1) is 0 Å². The van der Waals surface area contributed by atoms with Gasteiger partial charge in [0.2, 0.25) is 5.78 Å². The number of Topliss-reactive ketones (excluding diaryl/α,β-unsaturated/α-hetero) is 1. The fourth-order valence-corrected chi connectivity index (χ4v) is 5.20. The topological polar surface area (TPSA) is 70.1 Å². The number of nitrogens with zero attached hydrogens (tertiary/aromatic N) is 2. The molecule has 6 nitrogen and oxygen atoms in total. The molecule has 0 saturated carbocycles. The first-order valence-electron chi connectivity index (χ1n) is 12.3. The third-order valence-electron chi connectivity index (χ3n) is 6.48. The van der Waals surface area contributed by atoms with Gasteiger partial charge in [0.1, 0.15) is 12.4 Å². The molecule has 4 rings (SSSR count). The van der Waals surface area contributed by atoms with E-state index in [-0.39, 0.29) is 11.4 Å². The summed E-state index contributed by atoms with van der Waals surface area (Å²) in [6.07, 6.45) is 0.738. The number of carbonyl (C=O) groups excluding carboxylic acids is 2. The highest BCUT2D eigenvalue weighted by atomic mass is 32.1. The summed E-state index contributed by atoms with van der Waals surface area (Å²) in [5, 5.41) is 12.7. The van der Waals surface area contributed by atoms with Crippen molar-refractivity contribution in [2.24, 2.45) is 0 Å². The molecule has 0 saturated heterocycles. The Labute approximate surface area is 216 Å². The predicted octanol–water partition coefficient (Wildman–Crippen LogP) is 5.64. The van der Waals surface area contributed by atoms with Gasteiger partial charge in [-0.3, -0.25) is 9.59 Å². The van der Waals surface area contributed by atoms with Crippen LogP contribution in [0.15, 0.2) is 83.4 Å². The second kappa shape index (κ2) is 12.0. The maximum absolute atomic E-state index is 13.4. The highest BCUT2D eigenvalue weighted by Gasteiger charge is 2.43. The Balaban J connectivity index is 1.63. The van der Waals surface area contributed by atoms with Crippen molar-refractivity contribution in [1.29, 1.82) is 0 Å². The Morgan fingerprint density at radius 2 is 1.83 bits per heavy atom. The van der Waals surface area contributed by atoms with Crippen LogP contribution in [0.5, 0.6) is 5.75 Å². The third kappa shape index (κ3) is 5.69. The maximum atomic E-state index is 13.4. The molecule has 1 aliphatic rings. The van der Waals surface area contributed by atoms with E-state index >= 15 is 0 Å². The summed E-state index contributed by atoms with van der Waals surface area (Å²) in [5.41, 5.74) is 1.91. The number of hydrogen-bond donors (Lipinski definition) is 1. The summed E-state index contributed by atoms with van der Waals surface area (Å²) < 4.78 is 6.02. The van der Waals surface area contributed by atoms with Gasteiger partial charge in [-0.1, -0.05) is 62.4 Å². The van der Waals surface area contributed by atoms with Crippen molar-refractivity contribution in [2.45, 2.75) is 32.9 Å². The van der Waals surface area contributed by atoms with Gasteiger partial charge >= 0.3 is 0 Å². The summed E-state index contributed by atoms with van der Waals surface area (Å²) in [6, 6.07) is 20.2. The quantitative estimate of drug-likeness (QED) is 0.324. The molecule has 0 radical (unpaired) electrons. The van der Waals surface area contributed by atoms with Gasteiger partial charge in [0.15, 0.2) is 5.76 Å². The van der Waals surface area contributed by atoms with Crippen molar-refractivity contribution in [3.63, 3.8) is 0 Å². The number of rotatable bonds is 12. The van der Waals surface area contributed by atoms with Crippen molar-refractivity contribution < 1.29 is 19.4 Å². The van der Waals surface area contributed by atoms with E-state index < -0.39 is 17.7 Å². The smallest absolute Gasteiger partial charge is 0.290 e. The largest absolute Gasteiger partial charge is 0.503 e. The first-order valence-corrected chi connectivity index (χ1v) is 13.2. The molecular formula is C29H32N2O4S. The lowest BCUT2D eigenvalue weighted by Gasteiger charge is -2.28. The minimum absolute atomic E-state index is 0.130. The van der Waals surface area contributed by atoms with Gasteiger partial charge in [-0.2, -0.15) is 0 Å². The average Bonchev–Trinajstić information content (AvgIpc) is 3.54. The number of benzene rings is 2. The number of thiophene rings is 1. The van der Waals surface area contributed by atoms with Gasteiger partial charge < -0.3 is 19.6 Å². The number of ether oxygens (including phenoxy) is 1. The Morgan fingerprint density at radius 3 is 2.53 bits per heavy atom. The van der Waals surface area contributed by atoms with E-state index in [1.807, 2.05) is 60.0 Å². The van der Waals surface area contributed by atoms with Crippen molar-refractivity contribution in [1.82, 2.24) is 9.80 Å². The Morgan fingerprint density at radius 1 is 1.06 bits per heavy atom. The Kier molecular flexibility index (Phi) is 8.57. The number of aliphatic hydroxyl groups is 1. The molecule has 1 unspecified atom stereocenters. The summed E-state index contributed by atoms with van der Waals surface area (Å²) in [7, 11) is 0. The first kappa shape index (κ1) is 25.7. The molecule has 0 bridgehead atoms. The lowest BCUT2D eigenvalue weighted by atomic mass is 9.95. The number of aliphatic hydroxyl groups excluding tert-OH is 1. The van der Waals surface area contributed by atoms with E-state index in [2.05, 4.69) is 18.7 Å². The Hall–Kier alpha value is -3.42. The molecule has 2 heterocycles. The van der Waals surface area contributed by atoms with Crippen LogP contribution in [0.3, 0.4) is 0 Å². The fraction of sp³-hybridized carbons (Fsp3) is 0.310. The zero-order chi connectivity index (χ0) is 25.5. The molecule has 2 aromatic carbocycles. The summed E-state index contributed by atoms with van der Waals surface area (Å²) in [5.74, 6) is -0.643. The van der Waals surface area contributed by atoms with Crippen LogP contribution in [0.25, 0.3) is 0 Å². The van der Waals surface area contributed by atoms with Crippen LogP contribution in [0.1, 0.15) is 47.1 Å². The summed E-state index contributed by atoms with van der Waals surface area (Å²) in [4.78, 5) is 31.1. The highest BCUT2D eigenvalue weighted by Crippen LogP contribution is 2.40. The molecule has 1 aromatic heterocycles. The van der Waals surface area contributed by atoms with Gasteiger partial charge in [-0.15, -0.1) is 11.3 Å². The van der Waals surface area contributed by atoms with Gasteiger partial charge in [0.05, 0.1) is 16.5 Å². The predicted molar refractivity (Wildman–Crippen MR) is 142 cm³/mol. The fourth-order valence-electron chi connectivity index (χ4n) is 4.52. The van der Waals surface area contributed by atoms with E-state index in [0.29, 0.717) is 23.8 Å². The molecule has 1 amide bonds. The van der Waals surface area contributed by atoms with Gasteiger partial charge in [0.25, 0.3) is 5.91 Å². The average molecular weight is 505 g/mol. The Bertz CT molecular complexity index is 1200. The second-order valence-electron chi connectivity index (χ2n) is 8.70. The van der Waals surface area contributed by atoms with Crippen LogP contribution in [0.4, 0.5) is 0 Å². The zero-order valence-corrected chi connectivity index (χ0v) is 21.5. The van der Waals surface area contributed by atoms with Crippen LogP contribution in [0.2, 0.25) is 0 Å². The normalized spacial score (nSPS) is 15.7. The van der Waals surface area contributed by atoms with Crippen LogP contribution < -0.4 is 4.74 Å². The zero-order valence-electron chi connectivity index (χ0n) is 20.7.